The van der Waals surface area contributed by atoms with Crippen molar-refractivity contribution in [2.45, 2.75) is 43.3 Å². The van der Waals surface area contributed by atoms with Crippen LogP contribution < -0.4 is 16.0 Å². The second-order valence-corrected chi connectivity index (χ2v) is 13.1. The maximum absolute atomic E-state index is 15.6. The van der Waals surface area contributed by atoms with Crippen molar-refractivity contribution in [2.75, 3.05) is 10.6 Å². The van der Waals surface area contributed by atoms with Crippen molar-refractivity contribution in [1.29, 1.82) is 5.41 Å². The average molecular weight is 715 g/mol. The van der Waals surface area contributed by atoms with Gasteiger partial charge in [0.1, 0.15) is 28.6 Å². The number of nitrogens with zero attached hydrogens (tertiary/aromatic N) is 4. The first-order chi connectivity index (χ1) is 25.7. The topological polar surface area (TPSA) is 121 Å². The van der Waals surface area contributed by atoms with Crippen molar-refractivity contribution in [3.05, 3.63) is 173 Å². The predicted octanol–water partition coefficient (Wildman–Crippen LogP) is 7.60. The summed E-state index contributed by atoms with van der Waals surface area (Å²) >= 11 is 0. The standard InChI is InChI=1S/C41H37F3N8O/c1-52-24-35(47-25-52)40(53)49-31-19-11-18-30(21-31)48-39-34(44)22-33(43)37(50-39)36(45)32-20-29(42)23-46-38(32)51-41(26-12-5-2-6-13-26,27-14-7-3-8-15-27)28-16-9-4-10-17-28/h2-10,12-17,20,22-25,30-31,45H,11,18-19,21H2,1H3,(H,46,51)(H,48,50)(H,49,53). The molecule has 0 radical (unpaired) electrons. The number of imidazole rings is 1. The molecule has 1 fully saturated rings. The number of aryl methyl sites for hydroxylation is 1. The van der Waals surface area contributed by atoms with Crippen molar-refractivity contribution >= 4 is 23.3 Å². The third-order valence-electron chi connectivity index (χ3n) is 9.50. The van der Waals surface area contributed by atoms with Gasteiger partial charge in [-0.25, -0.2) is 28.1 Å². The molecule has 3 heterocycles. The van der Waals surface area contributed by atoms with Crippen LogP contribution in [0.1, 0.15) is 64.1 Å². The van der Waals surface area contributed by atoms with Crippen LogP contribution in [0, 0.1) is 22.9 Å². The molecule has 268 valence electrons. The number of pyridine rings is 2. The Morgan fingerprint density at radius 3 is 2.00 bits per heavy atom. The van der Waals surface area contributed by atoms with E-state index in [2.05, 4.69) is 30.9 Å². The lowest BCUT2D eigenvalue weighted by atomic mass is 9.77. The molecule has 2 atom stereocenters. The molecular weight excluding hydrogens is 678 g/mol. The highest BCUT2D eigenvalue weighted by atomic mass is 19.1. The van der Waals surface area contributed by atoms with Gasteiger partial charge in [0.15, 0.2) is 17.5 Å². The Hall–Kier alpha value is -6.30. The number of carbonyl (C=O) groups excluding carboxylic acids is 1. The quantitative estimate of drug-likeness (QED) is 0.0811. The van der Waals surface area contributed by atoms with Gasteiger partial charge in [0, 0.05) is 37.0 Å². The van der Waals surface area contributed by atoms with Crippen molar-refractivity contribution in [3.8, 4) is 0 Å². The number of anilines is 2. The zero-order valence-electron chi connectivity index (χ0n) is 28.9. The second-order valence-electron chi connectivity index (χ2n) is 13.1. The Bertz CT molecular complexity index is 2130. The van der Waals surface area contributed by atoms with Gasteiger partial charge in [-0.15, -0.1) is 0 Å². The van der Waals surface area contributed by atoms with Gasteiger partial charge >= 0.3 is 0 Å². The zero-order valence-corrected chi connectivity index (χ0v) is 28.9. The van der Waals surface area contributed by atoms with Crippen LogP contribution >= 0.6 is 0 Å². The summed E-state index contributed by atoms with van der Waals surface area (Å²) in [7, 11) is 1.78. The minimum atomic E-state index is -1.09. The monoisotopic (exact) mass is 714 g/mol. The maximum Gasteiger partial charge on any atom is 0.271 e. The molecule has 1 aliphatic rings. The van der Waals surface area contributed by atoms with Crippen molar-refractivity contribution in [1.82, 2.24) is 24.8 Å². The first-order valence-electron chi connectivity index (χ1n) is 17.3. The van der Waals surface area contributed by atoms with Crippen molar-refractivity contribution < 1.29 is 18.0 Å². The van der Waals surface area contributed by atoms with E-state index < -0.39 is 34.4 Å². The van der Waals surface area contributed by atoms with E-state index >= 15 is 13.2 Å². The molecule has 0 aliphatic heterocycles. The minimum Gasteiger partial charge on any atom is -0.365 e. The smallest absolute Gasteiger partial charge is 0.271 e. The normalized spacial score (nSPS) is 15.8. The Morgan fingerprint density at radius 1 is 0.811 bits per heavy atom. The van der Waals surface area contributed by atoms with Crippen LogP contribution in [0.3, 0.4) is 0 Å². The molecule has 3 aromatic heterocycles. The molecule has 0 saturated heterocycles. The van der Waals surface area contributed by atoms with Crippen LogP contribution in [0.4, 0.5) is 24.8 Å². The molecule has 1 aliphatic carbocycles. The lowest BCUT2D eigenvalue weighted by Crippen LogP contribution is -2.42. The summed E-state index contributed by atoms with van der Waals surface area (Å²) in [5.41, 5.74) is 0.663. The molecule has 3 aromatic carbocycles. The van der Waals surface area contributed by atoms with E-state index in [1.165, 1.54) is 0 Å². The minimum absolute atomic E-state index is 0.0731. The fraction of sp³-hybridized carbons (Fsp3) is 0.195. The molecule has 1 saturated carbocycles. The van der Waals surface area contributed by atoms with Gasteiger partial charge in [-0.2, -0.15) is 0 Å². The molecule has 6 aromatic rings. The van der Waals surface area contributed by atoms with Gasteiger partial charge in [0.2, 0.25) is 0 Å². The van der Waals surface area contributed by atoms with Crippen LogP contribution in [-0.2, 0) is 12.6 Å². The molecule has 12 heteroatoms. The molecular formula is C41H37F3N8O. The molecule has 0 spiro atoms. The highest BCUT2D eigenvalue weighted by Gasteiger charge is 2.38. The SMILES string of the molecule is Cn1cnc(C(=O)NC2CCCC(Nc3nc(C(=N)c4cc(F)cnc4NC(c4ccccc4)(c4ccccc4)c4ccccc4)c(F)cc3F)C2)c1. The van der Waals surface area contributed by atoms with Crippen LogP contribution in [0.25, 0.3) is 0 Å². The molecule has 9 nitrogen and oxygen atoms in total. The number of hydrogen-bond acceptors (Lipinski definition) is 7. The number of nitrogens with one attached hydrogen (secondary N) is 4. The predicted molar refractivity (Wildman–Crippen MR) is 197 cm³/mol. The fourth-order valence-electron chi connectivity index (χ4n) is 6.99. The third kappa shape index (κ3) is 7.39. The van der Waals surface area contributed by atoms with Gasteiger partial charge < -0.3 is 20.5 Å². The van der Waals surface area contributed by atoms with Crippen molar-refractivity contribution in [3.63, 3.8) is 0 Å². The van der Waals surface area contributed by atoms with Crippen molar-refractivity contribution in [2.24, 2.45) is 7.05 Å². The summed E-state index contributed by atoms with van der Waals surface area (Å²) < 4.78 is 47.6. The maximum atomic E-state index is 15.6. The summed E-state index contributed by atoms with van der Waals surface area (Å²) in [6.45, 7) is 0. The Labute approximate surface area is 304 Å². The van der Waals surface area contributed by atoms with E-state index in [9.17, 15) is 10.2 Å². The van der Waals surface area contributed by atoms with E-state index in [4.69, 9.17) is 0 Å². The Balaban J connectivity index is 1.22. The van der Waals surface area contributed by atoms with E-state index in [0.717, 1.165) is 41.8 Å². The highest BCUT2D eigenvalue weighted by Crippen LogP contribution is 2.40. The van der Waals surface area contributed by atoms with Gasteiger partial charge in [0.25, 0.3) is 5.91 Å². The Morgan fingerprint density at radius 2 is 1.42 bits per heavy atom. The van der Waals surface area contributed by atoms with Crippen LogP contribution in [-0.4, -0.2) is 43.2 Å². The van der Waals surface area contributed by atoms with Gasteiger partial charge in [0.05, 0.1) is 18.2 Å². The second kappa shape index (κ2) is 15.1. The molecule has 53 heavy (non-hydrogen) atoms. The lowest BCUT2D eigenvalue weighted by molar-refractivity contribution is 0.0921. The number of aromatic nitrogens is 4. The fourth-order valence-corrected chi connectivity index (χ4v) is 6.99. The van der Waals surface area contributed by atoms with Gasteiger partial charge in [-0.05, 0) is 48.4 Å². The van der Waals surface area contributed by atoms with E-state index in [1.807, 2.05) is 91.0 Å². The molecule has 2 unspecified atom stereocenters. The number of hydrogen-bond donors (Lipinski definition) is 4. The molecule has 0 bridgehead atoms. The average Bonchev–Trinajstić information content (AvgIpc) is 3.63. The number of carbonyl (C=O) groups is 1. The molecule has 1 amide bonds. The van der Waals surface area contributed by atoms with E-state index in [1.54, 1.807) is 24.1 Å². The van der Waals surface area contributed by atoms with Crippen LogP contribution in [0.5, 0.6) is 0 Å². The van der Waals surface area contributed by atoms with E-state index in [0.29, 0.717) is 24.6 Å². The van der Waals surface area contributed by atoms with E-state index in [-0.39, 0.29) is 35.2 Å². The number of amides is 1. The van der Waals surface area contributed by atoms with Gasteiger partial charge in [-0.1, -0.05) is 91.0 Å². The summed E-state index contributed by atoms with van der Waals surface area (Å²) in [5, 5.41) is 18.8. The number of benzene rings is 3. The summed E-state index contributed by atoms with van der Waals surface area (Å²) in [6.07, 6.45) is 6.79. The lowest BCUT2D eigenvalue weighted by Gasteiger charge is -2.38. The largest absolute Gasteiger partial charge is 0.365 e. The van der Waals surface area contributed by atoms with Gasteiger partial charge in [-0.3, -0.25) is 10.2 Å². The number of halogens is 3. The summed E-state index contributed by atoms with van der Waals surface area (Å²) in [4.78, 5) is 25.5. The summed E-state index contributed by atoms with van der Waals surface area (Å²) in [5.74, 6) is -3.24. The Kier molecular flexibility index (Phi) is 10.0. The zero-order chi connectivity index (χ0) is 37.0. The first kappa shape index (κ1) is 35.1. The first-order valence-corrected chi connectivity index (χ1v) is 17.3. The molecule has 7 rings (SSSR count). The highest BCUT2D eigenvalue weighted by molar-refractivity contribution is 6.13. The summed E-state index contributed by atoms with van der Waals surface area (Å²) in [6, 6.07) is 30.2. The number of rotatable bonds is 11. The van der Waals surface area contributed by atoms with Crippen LogP contribution in [0.15, 0.2) is 122 Å². The van der Waals surface area contributed by atoms with Crippen LogP contribution in [0.2, 0.25) is 0 Å². The third-order valence-corrected chi connectivity index (χ3v) is 9.50. The molecule has 4 N–H and O–H groups in total.